The minimum absolute atomic E-state index is 0.131. The Morgan fingerprint density at radius 2 is 1.93 bits per heavy atom. The first-order chi connectivity index (χ1) is 14.1. The molecule has 2 N–H and O–H groups in total. The highest BCUT2D eigenvalue weighted by Crippen LogP contribution is 2.20. The Balaban J connectivity index is 1.45. The number of amides is 1. The van der Waals surface area contributed by atoms with Gasteiger partial charge >= 0.3 is 0 Å². The fraction of sp³-hybridized carbons (Fsp3) is 0.316. The zero-order valence-electron chi connectivity index (χ0n) is 16.1. The van der Waals surface area contributed by atoms with Gasteiger partial charge in [0.15, 0.2) is 5.69 Å². The normalized spacial score (nSPS) is 14.5. The Bertz CT molecular complexity index is 991. The summed E-state index contributed by atoms with van der Waals surface area (Å²) in [5.74, 6) is 1.14. The van der Waals surface area contributed by atoms with Crippen molar-refractivity contribution in [2.75, 3.05) is 43.9 Å². The number of hydrogen-bond donors (Lipinski definition) is 1. The van der Waals surface area contributed by atoms with Gasteiger partial charge < -0.3 is 20.3 Å². The summed E-state index contributed by atoms with van der Waals surface area (Å²) in [7, 11) is 1.54. The third kappa shape index (κ3) is 4.10. The van der Waals surface area contributed by atoms with Gasteiger partial charge in [0.25, 0.3) is 5.91 Å². The minimum atomic E-state index is -0.131. The van der Waals surface area contributed by atoms with E-state index in [0.29, 0.717) is 37.0 Å². The molecule has 10 nitrogen and oxygen atoms in total. The number of nitrogens with zero attached hydrogens (tertiary/aromatic N) is 7. The van der Waals surface area contributed by atoms with Crippen LogP contribution in [0.2, 0.25) is 0 Å². The number of ether oxygens (including phenoxy) is 1. The predicted molar refractivity (Wildman–Crippen MR) is 107 cm³/mol. The topological polar surface area (TPSA) is 115 Å². The highest BCUT2D eigenvalue weighted by Gasteiger charge is 2.23. The van der Waals surface area contributed by atoms with Gasteiger partial charge in [-0.3, -0.25) is 4.79 Å². The lowest BCUT2D eigenvalue weighted by molar-refractivity contribution is 0.0761. The van der Waals surface area contributed by atoms with E-state index in [4.69, 9.17) is 10.5 Å². The Morgan fingerprint density at radius 1 is 1.10 bits per heavy atom. The second-order valence-electron chi connectivity index (χ2n) is 6.64. The predicted octanol–water partition coefficient (Wildman–Crippen LogP) is 1.00. The fourth-order valence-electron chi connectivity index (χ4n) is 3.28. The van der Waals surface area contributed by atoms with Crippen molar-refractivity contribution in [1.82, 2.24) is 29.9 Å². The highest BCUT2D eigenvalue weighted by atomic mass is 16.5. The van der Waals surface area contributed by atoms with Crippen LogP contribution < -0.4 is 15.4 Å². The lowest BCUT2D eigenvalue weighted by Gasteiger charge is -2.22. The molecule has 4 rings (SSSR count). The minimum Gasteiger partial charge on any atom is -0.481 e. The van der Waals surface area contributed by atoms with E-state index in [1.54, 1.807) is 21.8 Å². The summed E-state index contributed by atoms with van der Waals surface area (Å²) in [6.45, 7) is 2.55. The van der Waals surface area contributed by atoms with Crippen molar-refractivity contribution in [3.05, 3.63) is 48.3 Å². The number of methoxy groups -OCH3 is 1. The molecular weight excluding hydrogens is 372 g/mol. The maximum absolute atomic E-state index is 12.9. The largest absolute Gasteiger partial charge is 0.481 e. The molecule has 0 atom stereocenters. The van der Waals surface area contributed by atoms with Gasteiger partial charge in [-0.2, -0.15) is 9.97 Å². The van der Waals surface area contributed by atoms with Gasteiger partial charge in [-0.05, 0) is 18.6 Å². The number of nitrogens with two attached hydrogens (primary N) is 1. The molecule has 0 saturated carbocycles. The van der Waals surface area contributed by atoms with E-state index in [1.807, 2.05) is 30.3 Å². The number of nitrogen functional groups attached to an aromatic ring is 1. The van der Waals surface area contributed by atoms with Crippen LogP contribution >= 0.6 is 0 Å². The lowest BCUT2D eigenvalue weighted by atomic mass is 10.3. The SMILES string of the molecule is COc1cc(N2CCCN(C(=O)c3cn(-c4ccccc4)nn3)CC2)nc(N)n1. The van der Waals surface area contributed by atoms with Gasteiger partial charge in [-0.25, -0.2) is 4.68 Å². The van der Waals surface area contributed by atoms with Gasteiger partial charge in [0.1, 0.15) is 5.82 Å². The van der Waals surface area contributed by atoms with Crippen molar-refractivity contribution in [1.29, 1.82) is 0 Å². The third-order valence-corrected chi connectivity index (χ3v) is 4.76. The second-order valence-corrected chi connectivity index (χ2v) is 6.64. The Hall–Kier alpha value is -3.69. The number of anilines is 2. The molecule has 1 fully saturated rings. The Morgan fingerprint density at radius 3 is 2.72 bits per heavy atom. The van der Waals surface area contributed by atoms with E-state index >= 15 is 0 Å². The average Bonchev–Trinajstić information content (AvgIpc) is 3.11. The number of carbonyl (C=O) groups excluding carboxylic acids is 1. The van der Waals surface area contributed by atoms with Gasteiger partial charge in [0.2, 0.25) is 11.8 Å². The van der Waals surface area contributed by atoms with E-state index in [0.717, 1.165) is 18.7 Å². The first kappa shape index (κ1) is 18.7. The van der Waals surface area contributed by atoms with Crippen LogP contribution in [-0.2, 0) is 0 Å². The van der Waals surface area contributed by atoms with Crippen LogP contribution in [0.3, 0.4) is 0 Å². The fourth-order valence-corrected chi connectivity index (χ4v) is 3.28. The lowest BCUT2D eigenvalue weighted by Crippen LogP contribution is -2.35. The molecule has 0 radical (unpaired) electrons. The molecule has 0 unspecified atom stereocenters. The Labute approximate surface area is 167 Å². The average molecular weight is 394 g/mol. The van der Waals surface area contributed by atoms with E-state index < -0.39 is 0 Å². The van der Waals surface area contributed by atoms with Crippen LogP contribution in [0.5, 0.6) is 5.88 Å². The highest BCUT2D eigenvalue weighted by molar-refractivity contribution is 5.92. The second kappa shape index (κ2) is 8.13. The van der Waals surface area contributed by atoms with Crippen molar-refractivity contribution >= 4 is 17.7 Å². The molecule has 29 heavy (non-hydrogen) atoms. The van der Waals surface area contributed by atoms with Gasteiger partial charge in [-0.15, -0.1) is 5.10 Å². The summed E-state index contributed by atoms with van der Waals surface area (Å²) in [6, 6.07) is 11.3. The first-order valence-electron chi connectivity index (χ1n) is 9.34. The standard InChI is InChI=1S/C19H22N8O2/c1-29-17-12-16(21-19(20)22-17)25-8-5-9-26(11-10-25)18(28)15-13-27(24-23-15)14-6-3-2-4-7-14/h2-4,6-7,12-13H,5,8-11H2,1H3,(H2,20,21,22). The van der Waals surface area contributed by atoms with Crippen molar-refractivity contribution in [3.8, 4) is 11.6 Å². The number of aromatic nitrogens is 5. The summed E-state index contributed by atoms with van der Waals surface area (Å²) < 4.78 is 6.78. The summed E-state index contributed by atoms with van der Waals surface area (Å²) in [5.41, 5.74) is 6.96. The summed E-state index contributed by atoms with van der Waals surface area (Å²) >= 11 is 0. The van der Waals surface area contributed by atoms with E-state index in [-0.39, 0.29) is 11.9 Å². The molecule has 3 aromatic rings. The van der Waals surface area contributed by atoms with Crippen LogP contribution in [0.15, 0.2) is 42.6 Å². The summed E-state index contributed by atoms with van der Waals surface area (Å²) in [4.78, 5) is 25.1. The number of rotatable bonds is 4. The first-order valence-corrected chi connectivity index (χ1v) is 9.34. The molecule has 1 aliphatic heterocycles. The molecule has 10 heteroatoms. The zero-order chi connectivity index (χ0) is 20.2. The van der Waals surface area contributed by atoms with Gasteiger partial charge in [0.05, 0.1) is 19.0 Å². The maximum atomic E-state index is 12.9. The summed E-state index contributed by atoms with van der Waals surface area (Å²) in [5, 5.41) is 8.15. The van der Waals surface area contributed by atoms with Crippen molar-refractivity contribution < 1.29 is 9.53 Å². The van der Waals surface area contributed by atoms with Crippen LogP contribution in [-0.4, -0.2) is 69.1 Å². The molecule has 1 amide bonds. The number of carbonyl (C=O) groups is 1. The molecular formula is C19H22N8O2. The molecule has 0 bridgehead atoms. The van der Waals surface area contributed by atoms with Crippen molar-refractivity contribution in [2.45, 2.75) is 6.42 Å². The van der Waals surface area contributed by atoms with E-state index in [2.05, 4.69) is 25.2 Å². The summed E-state index contributed by atoms with van der Waals surface area (Å²) in [6.07, 6.45) is 2.46. The quantitative estimate of drug-likeness (QED) is 0.697. The molecule has 3 heterocycles. The Kier molecular flexibility index (Phi) is 5.23. The van der Waals surface area contributed by atoms with Gasteiger partial charge in [0, 0.05) is 32.2 Å². The monoisotopic (exact) mass is 394 g/mol. The van der Waals surface area contributed by atoms with Crippen LogP contribution in [0.4, 0.5) is 11.8 Å². The maximum Gasteiger partial charge on any atom is 0.276 e. The zero-order valence-corrected chi connectivity index (χ0v) is 16.1. The molecule has 0 spiro atoms. The van der Waals surface area contributed by atoms with Crippen LogP contribution in [0.25, 0.3) is 5.69 Å². The van der Waals surface area contributed by atoms with Gasteiger partial charge in [-0.1, -0.05) is 23.4 Å². The number of para-hydroxylation sites is 1. The molecule has 1 aromatic carbocycles. The molecule has 1 aliphatic rings. The smallest absolute Gasteiger partial charge is 0.276 e. The van der Waals surface area contributed by atoms with Crippen molar-refractivity contribution in [3.63, 3.8) is 0 Å². The van der Waals surface area contributed by atoms with Crippen LogP contribution in [0.1, 0.15) is 16.9 Å². The third-order valence-electron chi connectivity index (χ3n) is 4.76. The number of hydrogen-bond acceptors (Lipinski definition) is 8. The van der Waals surface area contributed by atoms with E-state index in [9.17, 15) is 4.79 Å². The molecule has 0 aliphatic carbocycles. The van der Waals surface area contributed by atoms with Crippen molar-refractivity contribution in [2.24, 2.45) is 0 Å². The molecule has 150 valence electrons. The number of benzene rings is 1. The molecule has 1 saturated heterocycles. The molecule has 2 aromatic heterocycles. The van der Waals surface area contributed by atoms with Crippen LogP contribution in [0, 0.1) is 0 Å². The van der Waals surface area contributed by atoms with E-state index in [1.165, 1.54) is 7.11 Å².